The van der Waals surface area contributed by atoms with Crippen LogP contribution < -0.4 is 5.32 Å². The maximum Gasteiger partial charge on any atom is 0.328 e. The van der Waals surface area contributed by atoms with Gasteiger partial charge >= 0.3 is 5.97 Å². The number of carbonyl (C=O) groups excluding carboxylic acids is 1. The van der Waals surface area contributed by atoms with Crippen LogP contribution in [0.15, 0.2) is 0 Å². The number of rotatable bonds is 2. The smallest absolute Gasteiger partial charge is 0.328 e. The van der Waals surface area contributed by atoms with Crippen molar-refractivity contribution in [1.82, 2.24) is 5.32 Å². The number of carbonyl (C=O) groups is 1. The minimum Gasteiger partial charge on any atom is -0.468 e. The molecule has 1 rings (SSSR count). The number of morpholine rings is 1. The van der Waals surface area contributed by atoms with Crippen LogP contribution in [-0.4, -0.2) is 38.4 Å². The van der Waals surface area contributed by atoms with Crippen LogP contribution in [-0.2, 0) is 14.3 Å². The zero-order chi connectivity index (χ0) is 11.5. The van der Waals surface area contributed by atoms with Crippen LogP contribution in [0.4, 0.5) is 0 Å². The Morgan fingerprint density at radius 1 is 1.53 bits per heavy atom. The minimum absolute atomic E-state index is 0.0574. The van der Waals surface area contributed by atoms with Crippen molar-refractivity contribution in [3.8, 4) is 0 Å². The summed E-state index contributed by atoms with van der Waals surface area (Å²) in [7, 11) is 1.42. The first kappa shape index (κ1) is 12.5. The zero-order valence-corrected chi connectivity index (χ0v) is 10.1. The van der Waals surface area contributed by atoms with E-state index in [1.807, 2.05) is 0 Å². The molecule has 0 aromatic carbocycles. The molecule has 88 valence electrons. The lowest BCUT2D eigenvalue weighted by molar-refractivity contribution is -0.156. The molecule has 0 radical (unpaired) electrons. The second-order valence-electron chi connectivity index (χ2n) is 5.29. The van der Waals surface area contributed by atoms with Crippen molar-refractivity contribution >= 4 is 5.97 Å². The van der Waals surface area contributed by atoms with E-state index in [2.05, 4.69) is 26.1 Å². The van der Waals surface area contributed by atoms with Crippen LogP contribution in [0.2, 0.25) is 0 Å². The van der Waals surface area contributed by atoms with E-state index in [1.54, 1.807) is 0 Å². The zero-order valence-electron chi connectivity index (χ0n) is 10.1. The Hall–Kier alpha value is -0.610. The van der Waals surface area contributed by atoms with Crippen molar-refractivity contribution < 1.29 is 14.3 Å². The van der Waals surface area contributed by atoms with E-state index in [0.29, 0.717) is 26.2 Å². The summed E-state index contributed by atoms with van der Waals surface area (Å²) in [4.78, 5) is 11.8. The highest BCUT2D eigenvalue weighted by molar-refractivity contribution is 5.81. The van der Waals surface area contributed by atoms with E-state index in [-0.39, 0.29) is 11.4 Å². The largest absolute Gasteiger partial charge is 0.468 e. The fourth-order valence-corrected chi connectivity index (χ4v) is 2.08. The molecule has 0 spiro atoms. The van der Waals surface area contributed by atoms with Crippen molar-refractivity contribution in [3.05, 3.63) is 0 Å². The van der Waals surface area contributed by atoms with Crippen LogP contribution in [0, 0.1) is 5.41 Å². The number of nitrogens with one attached hydrogen (secondary N) is 1. The third-order valence-corrected chi connectivity index (χ3v) is 2.47. The van der Waals surface area contributed by atoms with Crippen molar-refractivity contribution in [2.45, 2.75) is 32.7 Å². The molecule has 4 nitrogen and oxygen atoms in total. The molecule has 0 aliphatic carbocycles. The van der Waals surface area contributed by atoms with Gasteiger partial charge in [0.1, 0.15) is 5.54 Å². The van der Waals surface area contributed by atoms with Crippen LogP contribution >= 0.6 is 0 Å². The molecule has 4 heteroatoms. The SMILES string of the molecule is COC(=O)C1(CC(C)(C)C)COCCN1. The van der Waals surface area contributed by atoms with Crippen molar-refractivity contribution in [2.24, 2.45) is 5.41 Å². The summed E-state index contributed by atoms with van der Waals surface area (Å²) in [5, 5.41) is 3.24. The van der Waals surface area contributed by atoms with Crippen molar-refractivity contribution in [1.29, 1.82) is 0 Å². The molecule has 1 atom stereocenters. The lowest BCUT2D eigenvalue weighted by atomic mass is 9.79. The van der Waals surface area contributed by atoms with Gasteiger partial charge in [-0.15, -0.1) is 0 Å². The van der Waals surface area contributed by atoms with E-state index in [1.165, 1.54) is 7.11 Å². The molecule has 0 amide bonds. The van der Waals surface area contributed by atoms with Gasteiger partial charge in [-0.05, 0) is 11.8 Å². The summed E-state index contributed by atoms with van der Waals surface area (Å²) < 4.78 is 10.2. The summed E-state index contributed by atoms with van der Waals surface area (Å²) in [6.07, 6.45) is 0.715. The Balaban J connectivity index is 2.80. The summed E-state index contributed by atoms with van der Waals surface area (Å²) in [6.45, 7) is 8.07. The van der Waals surface area contributed by atoms with Crippen LogP contribution in [0.25, 0.3) is 0 Å². The molecule has 0 aromatic rings. The quantitative estimate of drug-likeness (QED) is 0.697. The van der Waals surface area contributed by atoms with Crippen LogP contribution in [0.3, 0.4) is 0 Å². The number of hydrogen-bond donors (Lipinski definition) is 1. The highest BCUT2D eigenvalue weighted by Gasteiger charge is 2.44. The molecule has 0 bridgehead atoms. The van der Waals surface area contributed by atoms with Gasteiger partial charge in [0.15, 0.2) is 0 Å². The summed E-state index contributed by atoms with van der Waals surface area (Å²) >= 11 is 0. The molecule has 0 saturated carbocycles. The fourth-order valence-electron chi connectivity index (χ4n) is 2.08. The molecule has 15 heavy (non-hydrogen) atoms. The molecule has 1 unspecified atom stereocenters. The van der Waals surface area contributed by atoms with Crippen molar-refractivity contribution in [2.75, 3.05) is 26.9 Å². The van der Waals surface area contributed by atoms with Gasteiger partial charge in [0.2, 0.25) is 0 Å². The standard InChI is InChI=1S/C11H21NO3/c1-10(2,3)7-11(9(13)14-4)8-15-6-5-12-11/h12H,5-8H2,1-4H3. The number of hydrogen-bond acceptors (Lipinski definition) is 4. The molecular formula is C11H21NO3. The summed E-state index contributed by atoms with van der Waals surface area (Å²) in [6, 6.07) is 0. The van der Waals surface area contributed by atoms with Gasteiger partial charge in [-0.25, -0.2) is 4.79 Å². The van der Waals surface area contributed by atoms with Gasteiger partial charge in [-0.2, -0.15) is 0 Å². The molecule has 0 aromatic heterocycles. The lowest BCUT2D eigenvalue weighted by Crippen LogP contribution is -2.61. The topological polar surface area (TPSA) is 47.6 Å². The van der Waals surface area contributed by atoms with Crippen LogP contribution in [0.1, 0.15) is 27.2 Å². The molecule has 1 N–H and O–H groups in total. The maximum absolute atomic E-state index is 11.8. The number of methoxy groups -OCH3 is 1. The predicted octanol–water partition coefficient (Wildman–Crippen LogP) is 0.954. The van der Waals surface area contributed by atoms with Crippen LogP contribution in [0.5, 0.6) is 0 Å². The molecule has 1 heterocycles. The Morgan fingerprint density at radius 2 is 2.20 bits per heavy atom. The highest BCUT2D eigenvalue weighted by Crippen LogP contribution is 2.29. The van der Waals surface area contributed by atoms with E-state index < -0.39 is 5.54 Å². The minimum atomic E-state index is -0.661. The van der Waals surface area contributed by atoms with Gasteiger partial charge < -0.3 is 9.47 Å². The van der Waals surface area contributed by atoms with E-state index in [9.17, 15) is 4.79 Å². The van der Waals surface area contributed by atoms with Gasteiger partial charge in [-0.3, -0.25) is 5.32 Å². The monoisotopic (exact) mass is 215 g/mol. The van der Waals surface area contributed by atoms with Crippen molar-refractivity contribution in [3.63, 3.8) is 0 Å². The average molecular weight is 215 g/mol. The first-order chi connectivity index (χ1) is 6.90. The average Bonchev–Trinajstić information content (AvgIpc) is 2.15. The van der Waals surface area contributed by atoms with Gasteiger partial charge in [0.25, 0.3) is 0 Å². The number of esters is 1. The third-order valence-electron chi connectivity index (χ3n) is 2.47. The summed E-state index contributed by atoms with van der Waals surface area (Å²) in [5.41, 5.74) is -0.604. The first-order valence-electron chi connectivity index (χ1n) is 5.31. The number of ether oxygens (including phenoxy) is 2. The maximum atomic E-state index is 11.8. The molecule has 1 aliphatic heterocycles. The Morgan fingerprint density at radius 3 is 2.60 bits per heavy atom. The highest BCUT2D eigenvalue weighted by atomic mass is 16.5. The van der Waals surface area contributed by atoms with E-state index in [4.69, 9.17) is 9.47 Å². The molecule has 1 fully saturated rings. The Bertz CT molecular complexity index is 226. The molecule has 1 aliphatic rings. The van der Waals surface area contributed by atoms with Gasteiger partial charge in [0.05, 0.1) is 20.3 Å². The molecule has 1 saturated heterocycles. The van der Waals surface area contributed by atoms with E-state index in [0.717, 1.165) is 0 Å². The first-order valence-corrected chi connectivity index (χ1v) is 5.31. The van der Waals surface area contributed by atoms with E-state index >= 15 is 0 Å². The Kier molecular flexibility index (Phi) is 3.73. The second-order valence-corrected chi connectivity index (χ2v) is 5.29. The summed E-state index contributed by atoms with van der Waals surface area (Å²) in [5.74, 6) is -0.225. The van der Waals surface area contributed by atoms with Gasteiger partial charge in [0, 0.05) is 6.54 Å². The van der Waals surface area contributed by atoms with Gasteiger partial charge in [-0.1, -0.05) is 20.8 Å². The fraction of sp³-hybridized carbons (Fsp3) is 0.909. The molecular weight excluding hydrogens is 194 g/mol. The Labute approximate surface area is 91.3 Å². The normalized spacial score (nSPS) is 27.5. The third kappa shape index (κ3) is 3.18. The second kappa shape index (κ2) is 4.49. The lowest BCUT2D eigenvalue weighted by Gasteiger charge is -2.39. The predicted molar refractivity (Wildman–Crippen MR) is 57.6 cm³/mol.